The Hall–Kier alpha value is -1.79. The van der Waals surface area contributed by atoms with Gasteiger partial charge in [0.25, 0.3) is 5.91 Å². The molecule has 4 nitrogen and oxygen atoms in total. The Morgan fingerprint density at radius 3 is 2.70 bits per heavy atom. The van der Waals surface area contributed by atoms with E-state index in [9.17, 15) is 14.7 Å². The summed E-state index contributed by atoms with van der Waals surface area (Å²) < 4.78 is 0.764. The molecule has 0 saturated heterocycles. The molecule has 0 atom stereocenters. The van der Waals surface area contributed by atoms with Crippen molar-refractivity contribution in [2.75, 3.05) is 0 Å². The number of carbonyl (C=O) groups excluding carboxylic acids is 2. The lowest BCUT2D eigenvalue weighted by Crippen LogP contribution is -2.11. The number of aromatic hydroxyl groups is 1. The standard InChI is InChI=1S/C14H10BrNO3S/c15-13-9(6-12(14(16)19)20-7-17)2-1-8-5-10(18)3-4-11(8)13/h1-7,18H,(H2,16,19)/b12-6-. The maximum Gasteiger partial charge on any atom is 0.255 e. The van der Waals surface area contributed by atoms with E-state index in [1.807, 2.05) is 6.07 Å². The van der Waals surface area contributed by atoms with E-state index in [1.54, 1.807) is 30.3 Å². The van der Waals surface area contributed by atoms with Gasteiger partial charge in [0, 0.05) is 4.47 Å². The van der Waals surface area contributed by atoms with Crippen LogP contribution in [0.15, 0.2) is 39.7 Å². The summed E-state index contributed by atoms with van der Waals surface area (Å²) in [7, 11) is 0. The summed E-state index contributed by atoms with van der Waals surface area (Å²) in [5, 5.41) is 11.2. The van der Waals surface area contributed by atoms with E-state index >= 15 is 0 Å². The first kappa shape index (κ1) is 14.6. The van der Waals surface area contributed by atoms with Crippen LogP contribution in [0.2, 0.25) is 0 Å². The van der Waals surface area contributed by atoms with E-state index in [0.29, 0.717) is 5.62 Å². The molecule has 0 heterocycles. The van der Waals surface area contributed by atoms with Gasteiger partial charge in [0.1, 0.15) is 5.75 Å². The Balaban J connectivity index is 2.58. The molecule has 102 valence electrons. The van der Waals surface area contributed by atoms with Gasteiger partial charge in [0.05, 0.1) is 4.91 Å². The zero-order valence-electron chi connectivity index (χ0n) is 10.2. The summed E-state index contributed by atoms with van der Waals surface area (Å²) in [5.41, 5.74) is 6.51. The molecule has 0 saturated carbocycles. The van der Waals surface area contributed by atoms with Crippen LogP contribution in [0.25, 0.3) is 16.8 Å². The summed E-state index contributed by atoms with van der Waals surface area (Å²) in [4.78, 5) is 21.9. The Kier molecular flexibility index (Phi) is 4.46. The fourth-order valence-corrected chi connectivity index (χ4v) is 2.79. The fraction of sp³-hybridized carbons (Fsp3) is 0. The van der Waals surface area contributed by atoms with Crippen LogP contribution in [0.4, 0.5) is 0 Å². The molecule has 0 unspecified atom stereocenters. The molecule has 0 aliphatic carbocycles. The van der Waals surface area contributed by atoms with Crippen LogP contribution >= 0.6 is 27.7 Å². The first-order valence-corrected chi connectivity index (χ1v) is 7.23. The summed E-state index contributed by atoms with van der Waals surface area (Å²) >= 11 is 4.20. The molecule has 20 heavy (non-hydrogen) atoms. The molecule has 6 heteroatoms. The number of hydrogen-bond acceptors (Lipinski definition) is 4. The average Bonchev–Trinajstić information content (AvgIpc) is 2.40. The molecular weight excluding hydrogens is 342 g/mol. The predicted molar refractivity (Wildman–Crippen MR) is 84.8 cm³/mol. The van der Waals surface area contributed by atoms with Gasteiger partial charge in [-0.05, 0) is 68.3 Å². The zero-order chi connectivity index (χ0) is 14.7. The SMILES string of the molecule is NC(=O)/C(=C/c1ccc2cc(O)ccc2c1Br)SC=O. The van der Waals surface area contributed by atoms with Gasteiger partial charge < -0.3 is 10.8 Å². The van der Waals surface area contributed by atoms with E-state index < -0.39 is 5.91 Å². The summed E-state index contributed by atoms with van der Waals surface area (Å²) in [5.74, 6) is -0.471. The van der Waals surface area contributed by atoms with Crippen LogP contribution in [0.5, 0.6) is 5.75 Å². The van der Waals surface area contributed by atoms with Crippen molar-refractivity contribution in [1.29, 1.82) is 0 Å². The summed E-state index contributed by atoms with van der Waals surface area (Å²) in [6, 6.07) is 8.58. The second-order valence-electron chi connectivity index (χ2n) is 3.96. The van der Waals surface area contributed by atoms with E-state index in [1.165, 1.54) is 0 Å². The number of primary amides is 1. The topological polar surface area (TPSA) is 80.4 Å². The first-order valence-electron chi connectivity index (χ1n) is 5.56. The van der Waals surface area contributed by atoms with Crippen molar-refractivity contribution in [2.45, 2.75) is 0 Å². The number of nitrogens with two attached hydrogens (primary N) is 1. The van der Waals surface area contributed by atoms with Gasteiger partial charge in [0.2, 0.25) is 0 Å². The molecule has 0 spiro atoms. The number of fused-ring (bicyclic) bond motifs is 1. The van der Waals surface area contributed by atoms with Gasteiger partial charge in [-0.15, -0.1) is 0 Å². The number of amides is 1. The largest absolute Gasteiger partial charge is 0.508 e. The summed E-state index contributed by atoms with van der Waals surface area (Å²) in [6.07, 6.45) is 1.55. The number of phenols is 1. The van der Waals surface area contributed by atoms with Crippen molar-refractivity contribution in [3.8, 4) is 5.75 Å². The highest BCUT2D eigenvalue weighted by Gasteiger charge is 2.09. The third-order valence-corrected chi connectivity index (χ3v) is 4.23. The van der Waals surface area contributed by atoms with Crippen molar-refractivity contribution in [3.63, 3.8) is 0 Å². The Morgan fingerprint density at radius 2 is 2.05 bits per heavy atom. The first-order chi connectivity index (χ1) is 9.52. The van der Waals surface area contributed by atoms with Crippen LogP contribution in [-0.2, 0) is 9.59 Å². The quantitative estimate of drug-likeness (QED) is 0.655. The number of benzene rings is 2. The highest BCUT2D eigenvalue weighted by atomic mass is 79.9. The van der Waals surface area contributed by atoms with Crippen LogP contribution < -0.4 is 5.73 Å². The van der Waals surface area contributed by atoms with Crippen LogP contribution in [-0.4, -0.2) is 16.6 Å². The fourth-order valence-electron chi connectivity index (χ4n) is 1.76. The minimum Gasteiger partial charge on any atom is -0.508 e. The molecular formula is C14H10BrNO3S. The molecule has 0 aromatic heterocycles. The second-order valence-corrected chi connectivity index (χ2v) is 5.62. The Labute approximate surface area is 127 Å². The Morgan fingerprint density at radius 1 is 1.30 bits per heavy atom. The van der Waals surface area contributed by atoms with E-state index in [4.69, 9.17) is 5.73 Å². The summed E-state index contributed by atoms with van der Waals surface area (Å²) in [6.45, 7) is 0. The van der Waals surface area contributed by atoms with Gasteiger partial charge in [-0.25, -0.2) is 0 Å². The molecule has 2 aromatic carbocycles. The molecule has 0 fully saturated rings. The van der Waals surface area contributed by atoms with Crippen LogP contribution in [0.1, 0.15) is 5.56 Å². The van der Waals surface area contributed by atoms with E-state index in [-0.39, 0.29) is 10.7 Å². The second kappa shape index (κ2) is 6.11. The molecule has 0 bridgehead atoms. The van der Waals surface area contributed by atoms with Crippen LogP contribution in [0, 0.1) is 0 Å². The molecule has 0 aliphatic heterocycles. The number of hydrogen-bond donors (Lipinski definition) is 2. The predicted octanol–water partition coefficient (Wildman–Crippen LogP) is 3.06. The van der Waals surface area contributed by atoms with Crippen molar-refractivity contribution >= 4 is 56.1 Å². The minimum absolute atomic E-state index is 0.166. The van der Waals surface area contributed by atoms with Crippen molar-refractivity contribution in [1.82, 2.24) is 0 Å². The van der Waals surface area contributed by atoms with Crippen molar-refractivity contribution < 1.29 is 14.7 Å². The number of rotatable bonds is 4. The van der Waals surface area contributed by atoms with Crippen molar-refractivity contribution in [2.24, 2.45) is 5.73 Å². The zero-order valence-corrected chi connectivity index (χ0v) is 12.6. The maximum atomic E-state index is 11.2. The minimum atomic E-state index is -0.653. The Bertz CT molecular complexity index is 728. The van der Waals surface area contributed by atoms with E-state index in [2.05, 4.69) is 15.9 Å². The van der Waals surface area contributed by atoms with Crippen LogP contribution in [0.3, 0.4) is 0 Å². The monoisotopic (exact) mass is 351 g/mol. The number of phenolic OH excluding ortho intramolecular Hbond substituents is 1. The highest BCUT2D eigenvalue weighted by Crippen LogP contribution is 2.32. The average molecular weight is 352 g/mol. The van der Waals surface area contributed by atoms with Gasteiger partial charge in [-0.3, -0.25) is 9.59 Å². The molecule has 3 N–H and O–H groups in total. The van der Waals surface area contributed by atoms with Gasteiger partial charge in [-0.2, -0.15) is 0 Å². The molecule has 2 rings (SSSR count). The maximum absolute atomic E-state index is 11.2. The van der Waals surface area contributed by atoms with Gasteiger partial charge >= 0.3 is 0 Å². The number of thioether (sulfide) groups is 1. The van der Waals surface area contributed by atoms with E-state index in [0.717, 1.165) is 32.6 Å². The molecule has 0 radical (unpaired) electrons. The lowest BCUT2D eigenvalue weighted by molar-refractivity contribution is -0.113. The van der Waals surface area contributed by atoms with Gasteiger partial charge in [-0.1, -0.05) is 12.1 Å². The normalized spacial score (nSPS) is 11.6. The molecule has 1 amide bonds. The third kappa shape index (κ3) is 3.02. The van der Waals surface area contributed by atoms with Gasteiger partial charge in [0.15, 0.2) is 5.62 Å². The third-order valence-electron chi connectivity index (χ3n) is 2.67. The number of carbonyl (C=O) groups is 2. The van der Waals surface area contributed by atoms with Crippen molar-refractivity contribution in [3.05, 3.63) is 45.3 Å². The molecule has 2 aromatic rings. The number of halogens is 1. The lowest BCUT2D eigenvalue weighted by Gasteiger charge is -2.06. The molecule has 0 aliphatic rings. The lowest BCUT2D eigenvalue weighted by atomic mass is 10.1. The smallest absolute Gasteiger partial charge is 0.255 e. The highest BCUT2D eigenvalue weighted by molar-refractivity contribution is 9.10.